The summed E-state index contributed by atoms with van der Waals surface area (Å²) in [7, 11) is 0. The minimum Gasteiger partial charge on any atom is -0.477 e. The second kappa shape index (κ2) is 5.67. The molecule has 0 aliphatic rings. The molecule has 2 aromatic heterocycles. The van der Waals surface area contributed by atoms with Crippen molar-refractivity contribution in [2.45, 2.75) is 6.92 Å². The molecule has 1 aromatic carbocycles. The third kappa shape index (κ3) is 2.96. The van der Waals surface area contributed by atoms with E-state index in [1.165, 1.54) is 22.7 Å². The number of carbonyl (C=O) groups is 1. The standard InChI is InChI=1S/C15H12N2O2S2/c1-9-11(7-13(21-9)14(18)19)12-8-20-15(17-12)16-10-5-3-2-4-6-10/h2-8H,1H3,(H,16,17)(H,18,19). The summed E-state index contributed by atoms with van der Waals surface area (Å²) in [5.41, 5.74) is 2.67. The maximum atomic E-state index is 11.0. The van der Waals surface area contributed by atoms with Crippen LogP contribution in [0.25, 0.3) is 11.3 Å². The van der Waals surface area contributed by atoms with Gasteiger partial charge in [0.05, 0.1) is 5.69 Å². The topological polar surface area (TPSA) is 62.2 Å². The summed E-state index contributed by atoms with van der Waals surface area (Å²) in [5, 5.41) is 15.0. The highest BCUT2D eigenvalue weighted by molar-refractivity contribution is 7.15. The number of thiazole rings is 1. The zero-order valence-electron chi connectivity index (χ0n) is 11.2. The summed E-state index contributed by atoms with van der Waals surface area (Å²) in [4.78, 5) is 16.9. The Kier molecular flexibility index (Phi) is 3.72. The van der Waals surface area contributed by atoms with Crippen molar-refractivity contribution in [1.82, 2.24) is 4.98 Å². The number of nitrogens with zero attached hydrogens (tertiary/aromatic N) is 1. The molecular formula is C15H12N2O2S2. The quantitative estimate of drug-likeness (QED) is 0.737. The van der Waals surface area contributed by atoms with Crippen LogP contribution in [0.2, 0.25) is 0 Å². The number of aryl methyl sites for hydroxylation is 1. The van der Waals surface area contributed by atoms with E-state index in [0.717, 1.165) is 27.0 Å². The molecule has 3 aromatic rings. The smallest absolute Gasteiger partial charge is 0.345 e. The Labute approximate surface area is 129 Å². The molecule has 6 heteroatoms. The largest absolute Gasteiger partial charge is 0.477 e. The molecule has 21 heavy (non-hydrogen) atoms. The minimum absolute atomic E-state index is 0.341. The first-order valence-electron chi connectivity index (χ1n) is 6.25. The molecule has 0 spiro atoms. The van der Waals surface area contributed by atoms with Crippen molar-refractivity contribution < 1.29 is 9.90 Å². The number of thiophene rings is 1. The second-order valence-corrected chi connectivity index (χ2v) is 6.53. The molecule has 2 N–H and O–H groups in total. The number of rotatable bonds is 4. The van der Waals surface area contributed by atoms with Crippen molar-refractivity contribution in [2.24, 2.45) is 0 Å². The first kappa shape index (κ1) is 13.8. The van der Waals surface area contributed by atoms with Gasteiger partial charge < -0.3 is 10.4 Å². The fourth-order valence-corrected chi connectivity index (χ4v) is 3.54. The second-order valence-electron chi connectivity index (χ2n) is 4.41. The molecule has 0 fully saturated rings. The molecular weight excluding hydrogens is 304 g/mol. The molecule has 0 unspecified atom stereocenters. The van der Waals surface area contributed by atoms with E-state index in [0.29, 0.717) is 4.88 Å². The van der Waals surface area contributed by atoms with Gasteiger partial charge in [-0.3, -0.25) is 0 Å². The number of carboxylic acid groups (broad SMARTS) is 1. The van der Waals surface area contributed by atoms with Crippen LogP contribution in [0.3, 0.4) is 0 Å². The van der Waals surface area contributed by atoms with Gasteiger partial charge in [0.25, 0.3) is 0 Å². The van der Waals surface area contributed by atoms with Crippen LogP contribution in [0.1, 0.15) is 14.5 Å². The summed E-state index contributed by atoms with van der Waals surface area (Å²) >= 11 is 2.78. The molecule has 0 aliphatic heterocycles. The molecule has 2 heterocycles. The van der Waals surface area contributed by atoms with Gasteiger partial charge in [-0.05, 0) is 25.1 Å². The number of carboxylic acids is 1. The number of nitrogens with one attached hydrogen (secondary N) is 1. The lowest BCUT2D eigenvalue weighted by Crippen LogP contribution is -1.90. The van der Waals surface area contributed by atoms with Gasteiger partial charge in [-0.25, -0.2) is 9.78 Å². The Morgan fingerprint density at radius 3 is 2.71 bits per heavy atom. The van der Waals surface area contributed by atoms with Crippen molar-refractivity contribution in [3.8, 4) is 11.3 Å². The van der Waals surface area contributed by atoms with Crippen LogP contribution < -0.4 is 5.32 Å². The van der Waals surface area contributed by atoms with Crippen LogP contribution in [0.5, 0.6) is 0 Å². The maximum Gasteiger partial charge on any atom is 0.345 e. The van der Waals surface area contributed by atoms with E-state index >= 15 is 0 Å². The van der Waals surface area contributed by atoms with Gasteiger partial charge >= 0.3 is 5.97 Å². The predicted molar refractivity (Wildman–Crippen MR) is 86.8 cm³/mol. The number of anilines is 2. The van der Waals surface area contributed by atoms with Gasteiger partial charge in [-0.1, -0.05) is 18.2 Å². The van der Waals surface area contributed by atoms with E-state index in [-0.39, 0.29) is 0 Å². The lowest BCUT2D eigenvalue weighted by atomic mass is 10.2. The Hall–Kier alpha value is -2.18. The van der Waals surface area contributed by atoms with Crippen LogP contribution in [-0.4, -0.2) is 16.1 Å². The molecule has 0 saturated carbocycles. The van der Waals surface area contributed by atoms with Crippen LogP contribution in [0.15, 0.2) is 41.8 Å². The molecule has 4 nitrogen and oxygen atoms in total. The van der Waals surface area contributed by atoms with Crippen molar-refractivity contribution in [3.63, 3.8) is 0 Å². The van der Waals surface area contributed by atoms with Gasteiger partial charge in [0.15, 0.2) is 5.13 Å². The summed E-state index contributed by atoms with van der Waals surface area (Å²) in [6.07, 6.45) is 0. The molecule has 3 rings (SSSR count). The van der Waals surface area contributed by atoms with Gasteiger partial charge in [-0.15, -0.1) is 22.7 Å². The van der Waals surface area contributed by atoms with Crippen LogP contribution >= 0.6 is 22.7 Å². The average molecular weight is 316 g/mol. The highest BCUT2D eigenvalue weighted by Crippen LogP contribution is 2.33. The van der Waals surface area contributed by atoms with Gasteiger partial charge in [0, 0.05) is 21.5 Å². The molecule has 0 aliphatic carbocycles. The fraction of sp³-hybridized carbons (Fsp3) is 0.0667. The van der Waals surface area contributed by atoms with Crippen molar-refractivity contribution >= 4 is 39.5 Å². The molecule has 0 amide bonds. The maximum absolute atomic E-state index is 11.0. The third-order valence-corrected chi connectivity index (χ3v) is 4.73. The van der Waals surface area contributed by atoms with E-state index < -0.39 is 5.97 Å². The van der Waals surface area contributed by atoms with Crippen LogP contribution in [-0.2, 0) is 0 Å². The first-order chi connectivity index (χ1) is 10.1. The Morgan fingerprint density at radius 1 is 1.29 bits per heavy atom. The first-order valence-corrected chi connectivity index (χ1v) is 7.95. The van der Waals surface area contributed by atoms with Gasteiger partial charge in [-0.2, -0.15) is 0 Å². The van der Waals surface area contributed by atoms with E-state index in [4.69, 9.17) is 5.11 Å². The van der Waals surface area contributed by atoms with Gasteiger partial charge in [0.2, 0.25) is 0 Å². The molecule has 106 valence electrons. The van der Waals surface area contributed by atoms with Crippen molar-refractivity contribution in [2.75, 3.05) is 5.32 Å². The summed E-state index contributed by atoms with van der Waals surface area (Å²) in [6, 6.07) is 11.5. The summed E-state index contributed by atoms with van der Waals surface area (Å²) in [6.45, 7) is 1.91. The number of aromatic nitrogens is 1. The molecule has 0 atom stereocenters. The highest BCUT2D eigenvalue weighted by Gasteiger charge is 2.14. The summed E-state index contributed by atoms with van der Waals surface area (Å²) < 4.78 is 0. The highest BCUT2D eigenvalue weighted by atomic mass is 32.1. The third-order valence-electron chi connectivity index (χ3n) is 2.93. The fourth-order valence-electron chi connectivity index (χ4n) is 1.94. The van der Waals surface area contributed by atoms with E-state index in [1.807, 2.05) is 42.6 Å². The van der Waals surface area contributed by atoms with Crippen molar-refractivity contribution in [1.29, 1.82) is 0 Å². The Morgan fingerprint density at radius 2 is 2.05 bits per heavy atom. The predicted octanol–water partition coefficient (Wildman–Crippen LogP) is 4.62. The van der Waals surface area contributed by atoms with E-state index in [1.54, 1.807) is 6.07 Å². The number of hydrogen-bond acceptors (Lipinski definition) is 5. The SMILES string of the molecule is Cc1sc(C(=O)O)cc1-c1csc(Nc2ccccc2)n1. The number of para-hydroxylation sites is 1. The number of aromatic carboxylic acids is 1. The minimum atomic E-state index is -0.896. The zero-order valence-corrected chi connectivity index (χ0v) is 12.8. The summed E-state index contributed by atoms with van der Waals surface area (Å²) in [5.74, 6) is -0.896. The van der Waals surface area contributed by atoms with Crippen molar-refractivity contribution in [3.05, 3.63) is 51.5 Å². The van der Waals surface area contributed by atoms with Crippen LogP contribution in [0.4, 0.5) is 10.8 Å². The average Bonchev–Trinajstić information content (AvgIpc) is 3.06. The zero-order chi connectivity index (χ0) is 14.8. The number of hydrogen-bond donors (Lipinski definition) is 2. The lowest BCUT2D eigenvalue weighted by Gasteiger charge is -2.00. The number of benzene rings is 1. The normalized spacial score (nSPS) is 10.5. The molecule has 0 saturated heterocycles. The van der Waals surface area contributed by atoms with E-state index in [9.17, 15) is 4.79 Å². The van der Waals surface area contributed by atoms with Crippen LogP contribution in [0, 0.1) is 6.92 Å². The Balaban J connectivity index is 1.86. The Bertz CT molecular complexity index is 778. The monoisotopic (exact) mass is 316 g/mol. The molecule has 0 bridgehead atoms. The van der Waals surface area contributed by atoms with E-state index in [2.05, 4.69) is 10.3 Å². The lowest BCUT2D eigenvalue weighted by molar-refractivity contribution is 0.0702. The van der Waals surface area contributed by atoms with Gasteiger partial charge in [0.1, 0.15) is 4.88 Å². The molecule has 0 radical (unpaired) electrons.